The van der Waals surface area contributed by atoms with Crippen LogP contribution in [0.25, 0.3) is 0 Å². The molecule has 1 N–H and O–H groups in total. The predicted molar refractivity (Wildman–Crippen MR) is 39.5 cm³/mol. The summed E-state index contributed by atoms with van der Waals surface area (Å²) in [5, 5.41) is 9.42. The molecule has 0 aromatic rings. The van der Waals surface area contributed by atoms with Gasteiger partial charge in [-0.05, 0) is 26.0 Å². The van der Waals surface area contributed by atoms with E-state index < -0.39 is 5.60 Å². The van der Waals surface area contributed by atoms with E-state index in [0.29, 0.717) is 12.4 Å². The summed E-state index contributed by atoms with van der Waals surface area (Å²) in [6.07, 6.45) is 5.57. The lowest BCUT2D eigenvalue weighted by atomic mass is 10.1. The van der Waals surface area contributed by atoms with Crippen LogP contribution in [0.3, 0.4) is 0 Å². The summed E-state index contributed by atoms with van der Waals surface area (Å²) in [7, 11) is 0. The summed E-state index contributed by atoms with van der Waals surface area (Å²) in [5.74, 6) is 0.634. The number of ether oxygens (including phenoxy) is 1. The van der Waals surface area contributed by atoms with E-state index in [4.69, 9.17) is 4.74 Å². The van der Waals surface area contributed by atoms with Gasteiger partial charge >= 0.3 is 0 Å². The summed E-state index contributed by atoms with van der Waals surface area (Å²) in [5.41, 5.74) is -0.843. The Hall–Kier alpha value is -0.760. The highest BCUT2D eigenvalue weighted by Crippen LogP contribution is 2.18. The molecule has 0 spiro atoms. The fourth-order valence-electron chi connectivity index (χ4n) is 0.778. The largest absolute Gasteiger partial charge is 0.491 e. The minimum absolute atomic E-state index is 0.565. The van der Waals surface area contributed by atoms with Gasteiger partial charge in [0.25, 0.3) is 0 Å². The highest BCUT2D eigenvalue weighted by molar-refractivity contribution is 5.17. The summed E-state index contributed by atoms with van der Waals surface area (Å²) in [6, 6.07) is 0. The average molecular weight is 140 g/mol. The third kappa shape index (κ3) is 1.61. The van der Waals surface area contributed by atoms with Gasteiger partial charge in [0.1, 0.15) is 18.0 Å². The van der Waals surface area contributed by atoms with Gasteiger partial charge in [-0.2, -0.15) is 0 Å². The Morgan fingerprint density at radius 1 is 1.60 bits per heavy atom. The Morgan fingerprint density at radius 2 is 2.30 bits per heavy atom. The van der Waals surface area contributed by atoms with Crippen LogP contribution in [0.5, 0.6) is 0 Å². The quantitative estimate of drug-likeness (QED) is 0.593. The molecule has 0 bridgehead atoms. The van der Waals surface area contributed by atoms with Gasteiger partial charge in [-0.25, -0.2) is 0 Å². The molecule has 2 heteroatoms. The van der Waals surface area contributed by atoms with E-state index in [9.17, 15) is 5.11 Å². The maximum atomic E-state index is 9.42. The first-order chi connectivity index (χ1) is 4.61. The molecule has 1 aliphatic heterocycles. The molecule has 0 saturated heterocycles. The van der Waals surface area contributed by atoms with Gasteiger partial charge in [0.15, 0.2) is 0 Å². The fourth-order valence-corrected chi connectivity index (χ4v) is 0.778. The van der Waals surface area contributed by atoms with E-state index in [2.05, 4.69) is 0 Å². The lowest BCUT2D eigenvalue weighted by molar-refractivity contribution is 0.0451. The van der Waals surface area contributed by atoms with E-state index in [1.807, 2.05) is 12.2 Å². The van der Waals surface area contributed by atoms with Crippen molar-refractivity contribution in [3.05, 3.63) is 24.0 Å². The minimum Gasteiger partial charge on any atom is -0.491 e. The molecule has 10 heavy (non-hydrogen) atoms. The van der Waals surface area contributed by atoms with Crippen molar-refractivity contribution in [1.29, 1.82) is 0 Å². The van der Waals surface area contributed by atoms with E-state index >= 15 is 0 Å². The van der Waals surface area contributed by atoms with E-state index in [1.54, 1.807) is 19.9 Å². The third-order valence-corrected chi connectivity index (χ3v) is 1.32. The van der Waals surface area contributed by atoms with Crippen LogP contribution in [0.1, 0.15) is 13.8 Å². The van der Waals surface area contributed by atoms with E-state index in [-0.39, 0.29) is 0 Å². The molecule has 0 fully saturated rings. The second kappa shape index (κ2) is 2.46. The average Bonchev–Trinajstić information content (AvgIpc) is 1.88. The van der Waals surface area contributed by atoms with Gasteiger partial charge in [-0.1, -0.05) is 6.08 Å². The zero-order valence-electron chi connectivity index (χ0n) is 6.29. The molecule has 0 atom stereocenters. The third-order valence-electron chi connectivity index (χ3n) is 1.32. The second-order valence-electron chi connectivity index (χ2n) is 2.83. The second-order valence-corrected chi connectivity index (χ2v) is 2.83. The molecule has 1 heterocycles. The standard InChI is InChI=1S/C8H12O2/c1-8(2,9)7-5-3-4-6-10-7/h3-5,9H,6H2,1-2H3. The SMILES string of the molecule is CC(C)(O)C1=CC=CCO1. The first-order valence-corrected chi connectivity index (χ1v) is 3.33. The Morgan fingerprint density at radius 3 is 2.60 bits per heavy atom. The topological polar surface area (TPSA) is 29.5 Å². The molecule has 0 saturated carbocycles. The maximum Gasteiger partial charge on any atom is 0.127 e. The predicted octanol–water partition coefficient (Wildman–Crippen LogP) is 1.23. The molecule has 1 rings (SSSR count). The van der Waals surface area contributed by atoms with Crippen molar-refractivity contribution in [3.63, 3.8) is 0 Å². The van der Waals surface area contributed by atoms with Crippen molar-refractivity contribution in [1.82, 2.24) is 0 Å². The maximum absolute atomic E-state index is 9.42. The van der Waals surface area contributed by atoms with Gasteiger partial charge in [0, 0.05) is 0 Å². The number of allylic oxidation sites excluding steroid dienone is 2. The first-order valence-electron chi connectivity index (χ1n) is 3.33. The van der Waals surface area contributed by atoms with Gasteiger partial charge in [0.2, 0.25) is 0 Å². The van der Waals surface area contributed by atoms with Crippen LogP contribution in [0, 0.1) is 0 Å². The number of rotatable bonds is 1. The molecule has 0 unspecified atom stereocenters. The van der Waals surface area contributed by atoms with Crippen LogP contribution in [0.15, 0.2) is 24.0 Å². The lowest BCUT2D eigenvalue weighted by Gasteiger charge is -2.22. The summed E-state index contributed by atoms with van der Waals surface area (Å²) in [6.45, 7) is 3.98. The van der Waals surface area contributed by atoms with Crippen molar-refractivity contribution in [2.45, 2.75) is 19.4 Å². The van der Waals surface area contributed by atoms with Crippen LogP contribution < -0.4 is 0 Å². The van der Waals surface area contributed by atoms with Crippen molar-refractivity contribution in [2.24, 2.45) is 0 Å². The van der Waals surface area contributed by atoms with Crippen LogP contribution in [0.2, 0.25) is 0 Å². The molecule has 0 aliphatic carbocycles. The first kappa shape index (κ1) is 7.35. The summed E-state index contributed by atoms with van der Waals surface area (Å²) < 4.78 is 5.17. The number of aliphatic hydroxyl groups is 1. The summed E-state index contributed by atoms with van der Waals surface area (Å²) >= 11 is 0. The smallest absolute Gasteiger partial charge is 0.127 e. The van der Waals surface area contributed by atoms with Crippen molar-refractivity contribution in [2.75, 3.05) is 6.61 Å². The molecule has 2 nitrogen and oxygen atoms in total. The zero-order valence-corrected chi connectivity index (χ0v) is 6.29. The van der Waals surface area contributed by atoms with Crippen molar-refractivity contribution in [3.8, 4) is 0 Å². The highest BCUT2D eigenvalue weighted by atomic mass is 16.5. The van der Waals surface area contributed by atoms with Crippen LogP contribution >= 0.6 is 0 Å². The van der Waals surface area contributed by atoms with Gasteiger partial charge in [-0.15, -0.1) is 0 Å². The van der Waals surface area contributed by atoms with Gasteiger partial charge in [-0.3, -0.25) is 0 Å². The summed E-state index contributed by atoms with van der Waals surface area (Å²) in [4.78, 5) is 0. The van der Waals surface area contributed by atoms with Crippen molar-refractivity contribution >= 4 is 0 Å². The fraction of sp³-hybridized carbons (Fsp3) is 0.500. The normalized spacial score (nSPS) is 18.1. The molecule has 56 valence electrons. The van der Waals surface area contributed by atoms with Crippen molar-refractivity contribution < 1.29 is 9.84 Å². The zero-order chi connectivity index (χ0) is 7.61. The number of hydrogen-bond acceptors (Lipinski definition) is 2. The Labute approximate surface area is 60.8 Å². The van der Waals surface area contributed by atoms with E-state index in [0.717, 1.165) is 0 Å². The molecular weight excluding hydrogens is 128 g/mol. The Bertz CT molecular complexity index is 172. The monoisotopic (exact) mass is 140 g/mol. The van der Waals surface area contributed by atoms with Crippen LogP contribution in [-0.2, 0) is 4.74 Å². The van der Waals surface area contributed by atoms with Gasteiger partial charge in [0.05, 0.1) is 0 Å². The molecule has 0 radical (unpaired) electrons. The van der Waals surface area contributed by atoms with Crippen LogP contribution in [0.4, 0.5) is 0 Å². The number of hydrogen-bond donors (Lipinski definition) is 1. The molecular formula is C8H12O2. The molecule has 0 aromatic heterocycles. The van der Waals surface area contributed by atoms with Gasteiger partial charge < -0.3 is 9.84 Å². The molecule has 1 aliphatic rings. The Balaban J connectivity index is 2.72. The van der Waals surface area contributed by atoms with Crippen LogP contribution in [-0.4, -0.2) is 17.3 Å². The minimum atomic E-state index is -0.843. The molecule has 0 amide bonds. The van der Waals surface area contributed by atoms with E-state index in [1.165, 1.54) is 0 Å². The Kier molecular flexibility index (Phi) is 1.81. The lowest BCUT2D eigenvalue weighted by Crippen LogP contribution is -2.24. The molecule has 0 aromatic carbocycles. The highest BCUT2D eigenvalue weighted by Gasteiger charge is 2.20.